The predicted octanol–water partition coefficient (Wildman–Crippen LogP) is 3.75. The number of imidazole rings is 1. The highest BCUT2D eigenvalue weighted by Crippen LogP contribution is 2.30. The molecule has 0 aliphatic carbocycles. The van der Waals surface area contributed by atoms with E-state index >= 15 is 0 Å². The summed E-state index contributed by atoms with van der Waals surface area (Å²) in [6.45, 7) is 4.29. The van der Waals surface area contributed by atoms with Crippen molar-refractivity contribution >= 4 is 0 Å². The number of alkyl halides is 3. The molecule has 0 bridgehead atoms. The zero-order chi connectivity index (χ0) is 19.0. The molecule has 0 radical (unpaired) electrons. The maximum absolute atomic E-state index is 12.7. The van der Waals surface area contributed by atoms with Crippen molar-refractivity contribution in [3.8, 4) is 11.4 Å². The third-order valence-electron chi connectivity index (χ3n) is 4.63. The van der Waals surface area contributed by atoms with E-state index in [1.165, 1.54) is 12.1 Å². The molecule has 4 rings (SSSR count). The maximum atomic E-state index is 12.7. The molecular formula is C19H18F3N5. The molecule has 0 spiro atoms. The van der Waals surface area contributed by atoms with E-state index in [0.29, 0.717) is 11.4 Å². The largest absolute Gasteiger partial charge is 0.416 e. The van der Waals surface area contributed by atoms with Crippen molar-refractivity contribution in [2.45, 2.75) is 32.6 Å². The number of aromatic nitrogens is 4. The average molecular weight is 373 g/mol. The third-order valence-corrected chi connectivity index (χ3v) is 4.63. The molecule has 3 aromatic rings. The lowest BCUT2D eigenvalue weighted by Crippen LogP contribution is -2.31. The lowest BCUT2D eigenvalue weighted by molar-refractivity contribution is -0.137. The summed E-state index contributed by atoms with van der Waals surface area (Å²) in [5, 5.41) is 0. The lowest BCUT2D eigenvalue weighted by atomic mass is 10.1. The van der Waals surface area contributed by atoms with Crippen LogP contribution in [0.1, 0.15) is 28.3 Å². The fourth-order valence-electron chi connectivity index (χ4n) is 3.25. The van der Waals surface area contributed by atoms with Crippen LogP contribution in [0.25, 0.3) is 11.4 Å². The Labute approximate surface area is 154 Å². The minimum Gasteiger partial charge on any atom is -0.345 e. The number of halogens is 3. The van der Waals surface area contributed by atoms with Gasteiger partial charge in [0.05, 0.1) is 11.3 Å². The zero-order valence-corrected chi connectivity index (χ0v) is 14.7. The first-order chi connectivity index (χ1) is 12.9. The van der Waals surface area contributed by atoms with E-state index in [2.05, 4.69) is 24.8 Å². The number of rotatable bonds is 3. The Kier molecular flexibility index (Phi) is 4.43. The molecule has 0 saturated heterocycles. The van der Waals surface area contributed by atoms with Crippen LogP contribution in [-0.2, 0) is 25.7 Å². The Balaban J connectivity index is 1.50. The second kappa shape index (κ2) is 6.77. The Hall–Kier alpha value is -2.74. The molecule has 1 N–H and O–H groups in total. The van der Waals surface area contributed by atoms with Gasteiger partial charge in [-0.25, -0.2) is 15.0 Å². The van der Waals surface area contributed by atoms with E-state index in [-0.39, 0.29) is 0 Å². The highest BCUT2D eigenvalue weighted by molar-refractivity contribution is 5.56. The molecule has 0 unspecified atom stereocenters. The summed E-state index contributed by atoms with van der Waals surface area (Å²) >= 11 is 0. The Morgan fingerprint density at radius 1 is 1.11 bits per heavy atom. The van der Waals surface area contributed by atoms with Crippen molar-refractivity contribution in [3.63, 3.8) is 0 Å². The molecule has 2 aromatic heterocycles. The average Bonchev–Trinajstić information content (AvgIpc) is 3.05. The molecule has 27 heavy (non-hydrogen) atoms. The van der Waals surface area contributed by atoms with Crippen LogP contribution >= 0.6 is 0 Å². The first-order valence-electron chi connectivity index (χ1n) is 8.64. The summed E-state index contributed by atoms with van der Waals surface area (Å²) in [6, 6.07) is 4.96. The van der Waals surface area contributed by atoms with Crippen LogP contribution in [-0.4, -0.2) is 31.4 Å². The fraction of sp³-hybridized carbons (Fsp3) is 0.316. The fourth-order valence-corrected chi connectivity index (χ4v) is 3.25. The number of hydrogen-bond donors (Lipinski definition) is 1. The monoisotopic (exact) mass is 373 g/mol. The van der Waals surface area contributed by atoms with Crippen molar-refractivity contribution in [2.75, 3.05) is 6.54 Å². The van der Waals surface area contributed by atoms with Crippen LogP contribution in [0.3, 0.4) is 0 Å². The van der Waals surface area contributed by atoms with Gasteiger partial charge < -0.3 is 4.98 Å². The zero-order valence-electron chi connectivity index (χ0n) is 14.7. The number of fused-ring (bicyclic) bond motifs is 1. The van der Waals surface area contributed by atoms with Crippen LogP contribution in [0.5, 0.6) is 0 Å². The lowest BCUT2D eigenvalue weighted by Gasteiger charge is -2.27. The van der Waals surface area contributed by atoms with E-state index in [1.54, 1.807) is 6.20 Å². The van der Waals surface area contributed by atoms with E-state index in [1.807, 2.05) is 13.1 Å². The van der Waals surface area contributed by atoms with Crippen LogP contribution in [0.2, 0.25) is 0 Å². The number of benzene rings is 1. The second-order valence-corrected chi connectivity index (χ2v) is 6.70. The van der Waals surface area contributed by atoms with Crippen molar-refractivity contribution in [3.05, 3.63) is 65.0 Å². The van der Waals surface area contributed by atoms with E-state index in [0.717, 1.165) is 61.0 Å². The smallest absolute Gasteiger partial charge is 0.345 e. The van der Waals surface area contributed by atoms with Crippen molar-refractivity contribution in [2.24, 2.45) is 0 Å². The molecule has 140 valence electrons. The summed E-state index contributed by atoms with van der Waals surface area (Å²) in [5.41, 5.74) is 2.98. The van der Waals surface area contributed by atoms with Gasteiger partial charge in [-0.15, -0.1) is 0 Å². The Morgan fingerprint density at radius 2 is 1.89 bits per heavy atom. The first-order valence-corrected chi connectivity index (χ1v) is 8.64. The predicted molar refractivity (Wildman–Crippen MR) is 93.6 cm³/mol. The summed E-state index contributed by atoms with van der Waals surface area (Å²) in [5.74, 6) is 1.35. The molecule has 0 amide bonds. The SMILES string of the molecule is Cc1ncc(CN2CCc3nc(-c4ccc(C(F)(F)F)cc4)ncc3C2)[nH]1. The van der Waals surface area contributed by atoms with Gasteiger partial charge >= 0.3 is 6.18 Å². The van der Waals surface area contributed by atoms with E-state index in [9.17, 15) is 13.2 Å². The summed E-state index contributed by atoms with van der Waals surface area (Å²) in [4.78, 5) is 18.7. The van der Waals surface area contributed by atoms with Crippen molar-refractivity contribution < 1.29 is 13.2 Å². The number of H-pyrrole nitrogens is 1. The van der Waals surface area contributed by atoms with Crippen molar-refractivity contribution in [1.29, 1.82) is 0 Å². The standard InChI is InChI=1S/C19H18F3N5/c1-12-23-9-16(25-12)11-27-7-6-17-14(10-27)8-24-18(26-17)13-2-4-15(5-3-13)19(20,21)22/h2-5,8-9H,6-7,10-11H2,1H3,(H,23,25). The number of hydrogen-bond acceptors (Lipinski definition) is 4. The Bertz CT molecular complexity index is 947. The second-order valence-electron chi connectivity index (χ2n) is 6.70. The van der Waals surface area contributed by atoms with Gasteiger partial charge in [0.1, 0.15) is 5.82 Å². The van der Waals surface area contributed by atoms with Crippen LogP contribution in [0, 0.1) is 6.92 Å². The topological polar surface area (TPSA) is 57.7 Å². The maximum Gasteiger partial charge on any atom is 0.416 e. The van der Waals surface area contributed by atoms with Gasteiger partial charge in [0.15, 0.2) is 5.82 Å². The molecule has 0 fully saturated rings. The molecule has 3 heterocycles. The Morgan fingerprint density at radius 3 is 2.56 bits per heavy atom. The number of nitrogens with one attached hydrogen (secondary N) is 1. The van der Waals surface area contributed by atoms with Gasteiger partial charge in [-0.3, -0.25) is 4.90 Å². The van der Waals surface area contributed by atoms with Gasteiger partial charge in [0.25, 0.3) is 0 Å². The minimum atomic E-state index is -4.34. The number of aryl methyl sites for hydroxylation is 1. The number of nitrogens with zero attached hydrogens (tertiary/aromatic N) is 4. The van der Waals surface area contributed by atoms with Crippen LogP contribution in [0.4, 0.5) is 13.2 Å². The molecule has 0 atom stereocenters. The molecule has 8 heteroatoms. The van der Waals surface area contributed by atoms with Crippen LogP contribution in [0.15, 0.2) is 36.7 Å². The summed E-state index contributed by atoms with van der Waals surface area (Å²) in [6.07, 6.45) is 0.0548. The highest BCUT2D eigenvalue weighted by atomic mass is 19.4. The molecule has 5 nitrogen and oxygen atoms in total. The van der Waals surface area contributed by atoms with Gasteiger partial charge in [0, 0.05) is 55.3 Å². The summed E-state index contributed by atoms with van der Waals surface area (Å²) < 4.78 is 38.1. The number of aromatic amines is 1. The van der Waals surface area contributed by atoms with E-state index < -0.39 is 11.7 Å². The van der Waals surface area contributed by atoms with Crippen molar-refractivity contribution in [1.82, 2.24) is 24.8 Å². The minimum absolute atomic E-state index is 0.458. The van der Waals surface area contributed by atoms with Gasteiger partial charge in [-0.05, 0) is 19.1 Å². The summed E-state index contributed by atoms with van der Waals surface area (Å²) in [7, 11) is 0. The third kappa shape index (κ3) is 3.85. The van der Waals surface area contributed by atoms with E-state index in [4.69, 9.17) is 0 Å². The normalized spacial score (nSPS) is 15.0. The molecular weight excluding hydrogens is 355 g/mol. The highest BCUT2D eigenvalue weighted by Gasteiger charge is 2.30. The first kappa shape index (κ1) is 17.7. The molecule has 1 aromatic carbocycles. The van der Waals surface area contributed by atoms with Gasteiger partial charge in [0.2, 0.25) is 0 Å². The molecule has 1 aliphatic heterocycles. The van der Waals surface area contributed by atoms with Gasteiger partial charge in [-0.1, -0.05) is 12.1 Å². The quantitative estimate of drug-likeness (QED) is 0.760. The van der Waals surface area contributed by atoms with Gasteiger partial charge in [-0.2, -0.15) is 13.2 Å². The van der Waals surface area contributed by atoms with Crippen LogP contribution < -0.4 is 0 Å². The molecule has 1 aliphatic rings. The molecule has 0 saturated carbocycles.